The summed E-state index contributed by atoms with van der Waals surface area (Å²) in [4.78, 5) is 10.5. The van der Waals surface area contributed by atoms with Gasteiger partial charge in [-0.3, -0.25) is 4.90 Å². The molecule has 0 radical (unpaired) electrons. The second-order valence-electron chi connectivity index (χ2n) is 5.33. The minimum absolute atomic E-state index is 0.601. The Morgan fingerprint density at radius 1 is 1.00 bits per heavy atom. The van der Waals surface area contributed by atoms with Crippen molar-refractivity contribution in [1.29, 1.82) is 0 Å². The standard InChI is InChI=1S/C18H13ClN4O/c1-23(18-14-4-2-3-5-15(14)20-11-21-18)17-10-16(22-24-17)12-6-8-13(19)9-7-12/h2-11H,1H3. The zero-order valence-electron chi connectivity index (χ0n) is 12.8. The first-order valence-corrected chi connectivity index (χ1v) is 7.76. The molecular weight excluding hydrogens is 324 g/mol. The third-order valence-corrected chi connectivity index (χ3v) is 4.06. The van der Waals surface area contributed by atoms with Gasteiger partial charge in [-0.15, -0.1) is 0 Å². The van der Waals surface area contributed by atoms with E-state index >= 15 is 0 Å². The van der Waals surface area contributed by atoms with Gasteiger partial charge in [0.05, 0.1) is 5.52 Å². The molecule has 0 fully saturated rings. The number of anilines is 2. The molecule has 4 rings (SSSR count). The van der Waals surface area contributed by atoms with Gasteiger partial charge >= 0.3 is 0 Å². The van der Waals surface area contributed by atoms with Crippen LogP contribution in [0.15, 0.2) is 65.4 Å². The molecule has 0 aliphatic rings. The number of para-hydroxylation sites is 1. The van der Waals surface area contributed by atoms with Crippen molar-refractivity contribution in [2.24, 2.45) is 0 Å². The van der Waals surface area contributed by atoms with E-state index in [0.717, 1.165) is 28.0 Å². The van der Waals surface area contributed by atoms with E-state index in [0.29, 0.717) is 10.9 Å². The highest BCUT2D eigenvalue weighted by atomic mass is 35.5. The molecule has 6 heteroatoms. The van der Waals surface area contributed by atoms with Crippen LogP contribution in [-0.2, 0) is 0 Å². The third kappa shape index (κ3) is 2.59. The third-order valence-electron chi connectivity index (χ3n) is 3.81. The Morgan fingerprint density at radius 3 is 2.62 bits per heavy atom. The number of hydrogen-bond donors (Lipinski definition) is 0. The second kappa shape index (κ2) is 5.94. The van der Waals surface area contributed by atoms with Crippen LogP contribution in [0, 0.1) is 0 Å². The summed E-state index contributed by atoms with van der Waals surface area (Å²) in [6, 6.07) is 17.2. The van der Waals surface area contributed by atoms with E-state index in [1.54, 1.807) is 6.33 Å². The predicted octanol–water partition coefficient (Wildman–Crippen LogP) is 4.71. The zero-order valence-corrected chi connectivity index (χ0v) is 13.6. The molecule has 0 aliphatic heterocycles. The van der Waals surface area contributed by atoms with Crippen molar-refractivity contribution in [3.05, 3.63) is 65.9 Å². The summed E-state index contributed by atoms with van der Waals surface area (Å²) in [5, 5.41) is 5.78. The SMILES string of the molecule is CN(c1cc(-c2ccc(Cl)cc2)no1)c1ncnc2ccccc12. The quantitative estimate of drug-likeness (QED) is 0.542. The highest BCUT2D eigenvalue weighted by Gasteiger charge is 2.15. The summed E-state index contributed by atoms with van der Waals surface area (Å²) in [7, 11) is 1.89. The summed E-state index contributed by atoms with van der Waals surface area (Å²) >= 11 is 5.92. The van der Waals surface area contributed by atoms with Gasteiger partial charge in [-0.1, -0.05) is 41.0 Å². The first kappa shape index (κ1) is 14.7. The van der Waals surface area contributed by atoms with Crippen LogP contribution in [-0.4, -0.2) is 22.2 Å². The molecule has 0 atom stereocenters. The molecule has 0 N–H and O–H groups in total. The minimum Gasteiger partial charge on any atom is -0.338 e. The van der Waals surface area contributed by atoms with Crippen LogP contribution in [0.2, 0.25) is 5.02 Å². The van der Waals surface area contributed by atoms with Gasteiger partial charge in [-0.2, -0.15) is 0 Å². The predicted molar refractivity (Wildman–Crippen MR) is 94.6 cm³/mol. The lowest BCUT2D eigenvalue weighted by Gasteiger charge is -2.15. The second-order valence-corrected chi connectivity index (χ2v) is 5.77. The van der Waals surface area contributed by atoms with Crippen molar-refractivity contribution < 1.29 is 4.52 Å². The zero-order chi connectivity index (χ0) is 16.5. The van der Waals surface area contributed by atoms with Crippen LogP contribution < -0.4 is 4.90 Å². The summed E-state index contributed by atoms with van der Waals surface area (Å²) in [6.45, 7) is 0. The van der Waals surface area contributed by atoms with Gasteiger partial charge in [-0.05, 0) is 24.3 Å². The van der Waals surface area contributed by atoms with Gasteiger partial charge in [-0.25, -0.2) is 9.97 Å². The lowest BCUT2D eigenvalue weighted by molar-refractivity contribution is 0.428. The number of nitrogens with zero attached hydrogens (tertiary/aromatic N) is 4. The monoisotopic (exact) mass is 336 g/mol. The van der Waals surface area contributed by atoms with E-state index in [9.17, 15) is 0 Å². The number of halogens is 1. The topological polar surface area (TPSA) is 55.1 Å². The molecular formula is C18H13ClN4O. The van der Waals surface area contributed by atoms with Crippen molar-refractivity contribution >= 4 is 34.2 Å². The Bertz CT molecular complexity index is 992. The van der Waals surface area contributed by atoms with Gasteiger partial charge < -0.3 is 4.52 Å². The molecule has 0 amide bonds. The van der Waals surface area contributed by atoms with E-state index in [2.05, 4.69) is 15.1 Å². The van der Waals surface area contributed by atoms with E-state index in [1.165, 1.54) is 0 Å². The van der Waals surface area contributed by atoms with E-state index in [-0.39, 0.29) is 0 Å². The lowest BCUT2D eigenvalue weighted by Crippen LogP contribution is -2.11. The maximum atomic E-state index is 5.92. The molecule has 2 heterocycles. The average Bonchev–Trinajstić information content (AvgIpc) is 3.11. The summed E-state index contributed by atoms with van der Waals surface area (Å²) in [6.07, 6.45) is 1.55. The van der Waals surface area contributed by atoms with E-state index in [4.69, 9.17) is 16.1 Å². The first-order valence-electron chi connectivity index (χ1n) is 7.38. The molecule has 4 aromatic rings. The summed E-state index contributed by atoms with van der Waals surface area (Å²) < 4.78 is 5.50. The van der Waals surface area contributed by atoms with Crippen molar-refractivity contribution in [3.8, 4) is 11.3 Å². The molecule has 0 spiro atoms. The number of benzene rings is 2. The maximum absolute atomic E-state index is 5.92. The smallest absolute Gasteiger partial charge is 0.233 e. The lowest BCUT2D eigenvalue weighted by atomic mass is 10.1. The first-order chi connectivity index (χ1) is 11.7. The Balaban J connectivity index is 1.72. The van der Waals surface area contributed by atoms with E-state index < -0.39 is 0 Å². The normalized spacial score (nSPS) is 10.9. The van der Waals surface area contributed by atoms with Gasteiger partial charge in [0.2, 0.25) is 5.88 Å². The fourth-order valence-electron chi connectivity index (χ4n) is 2.54. The average molecular weight is 337 g/mol. The molecule has 0 saturated carbocycles. The van der Waals surface area contributed by atoms with Crippen LogP contribution in [0.3, 0.4) is 0 Å². The molecule has 2 aromatic heterocycles. The molecule has 24 heavy (non-hydrogen) atoms. The fourth-order valence-corrected chi connectivity index (χ4v) is 2.67. The van der Waals surface area contributed by atoms with Gasteiger partial charge in [0.1, 0.15) is 17.8 Å². The maximum Gasteiger partial charge on any atom is 0.233 e. The highest BCUT2D eigenvalue weighted by molar-refractivity contribution is 6.30. The van der Waals surface area contributed by atoms with Crippen molar-refractivity contribution in [2.45, 2.75) is 0 Å². The van der Waals surface area contributed by atoms with Crippen LogP contribution in [0.5, 0.6) is 0 Å². The van der Waals surface area contributed by atoms with Crippen LogP contribution in [0.25, 0.3) is 22.2 Å². The molecule has 0 aliphatic carbocycles. The van der Waals surface area contributed by atoms with Crippen LogP contribution >= 0.6 is 11.6 Å². The van der Waals surface area contributed by atoms with Gasteiger partial charge in [0, 0.05) is 29.1 Å². The number of rotatable bonds is 3. The molecule has 5 nitrogen and oxygen atoms in total. The summed E-state index contributed by atoms with van der Waals surface area (Å²) in [5.41, 5.74) is 2.56. The van der Waals surface area contributed by atoms with Crippen molar-refractivity contribution in [2.75, 3.05) is 11.9 Å². The molecule has 2 aromatic carbocycles. The number of aromatic nitrogens is 3. The molecule has 0 saturated heterocycles. The Morgan fingerprint density at radius 2 is 1.79 bits per heavy atom. The largest absolute Gasteiger partial charge is 0.338 e. The Labute approximate surface area is 143 Å². The van der Waals surface area contributed by atoms with Crippen LogP contribution in [0.1, 0.15) is 0 Å². The van der Waals surface area contributed by atoms with Crippen molar-refractivity contribution in [1.82, 2.24) is 15.1 Å². The van der Waals surface area contributed by atoms with E-state index in [1.807, 2.05) is 66.5 Å². The molecule has 0 bridgehead atoms. The van der Waals surface area contributed by atoms with Crippen LogP contribution in [0.4, 0.5) is 11.7 Å². The Hall–Kier alpha value is -2.92. The summed E-state index contributed by atoms with van der Waals surface area (Å²) in [5.74, 6) is 1.36. The number of fused-ring (bicyclic) bond motifs is 1. The van der Waals surface area contributed by atoms with Crippen molar-refractivity contribution in [3.63, 3.8) is 0 Å². The van der Waals surface area contributed by atoms with Gasteiger partial charge in [0.15, 0.2) is 0 Å². The Kier molecular flexibility index (Phi) is 3.63. The highest BCUT2D eigenvalue weighted by Crippen LogP contribution is 2.31. The molecule has 0 unspecified atom stereocenters. The number of hydrogen-bond acceptors (Lipinski definition) is 5. The van der Waals surface area contributed by atoms with Gasteiger partial charge in [0.25, 0.3) is 0 Å². The fraction of sp³-hybridized carbons (Fsp3) is 0.0556. The molecule has 118 valence electrons. The minimum atomic E-state index is 0.601.